The number of rotatable bonds is 12. The van der Waals surface area contributed by atoms with Crippen LogP contribution in [0.4, 0.5) is 0 Å². The zero-order valence-electron chi connectivity index (χ0n) is 15.9. The molecule has 0 aromatic carbocycles. The Labute approximate surface area is 147 Å². The third kappa shape index (κ3) is 16.1. The predicted molar refractivity (Wildman–Crippen MR) is 96.1 cm³/mol. The highest BCUT2D eigenvalue weighted by atomic mass is 16.5. The average Bonchev–Trinajstić information content (AvgIpc) is 2.54. The van der Waals surface area contributed by atoms with Crippen LogP contribution in [0, 0.1) is 11.8 Å². The molecule has 6 nitrogen and oxygen atoms in total. The van der Waals surface area contributed by atoms with Crippen LogP contribution in [-0.2, 0) is 23.8 Å². The van der Waals surface area contributed by atoms with E-state index >= 15 is 0 Å². The van der Waals surface area contributed by atoms with Crippen LogP contribution in [0.2, 0.25) is 0 Å². The van der Waals surface area contributed by atoms with E-state index in [9.17, 15) is 9.59 Å². The lowest BCUT2D eigenvalue weighted by molar-refractivity contribution is -0.128. The van der Waals surface area contributed by atoms with Crippen LogP contribution in [0.25, 0.3) is 0 Å². The second-order valence-electron chi connectivity index (χ2n) is 5.56. The third-order valence-corrected chi connectivity index (χ3v) is 3.40. The Morgan fingerprint density at radius 1 is 1.04 bits per heavy atom. The van der Waals surface area contributed by atoms with Crippen molar-refractivity contribution in [2.75, 3.05) is 46.7 Å². The molecule has 6 heteroatoms. The lowest BCUT2D eigenvalue weighted by Crippen LogP contribution is -2.25. The van der Waals surface area contributed by atoms with E-state index in [2.05, 4.69) is 5.73 Å². The van der Waals surface area contributed by atoms with Gasteiger partial charge in [0.2, 0.25) is 0 Å². The van der Waals surface area contributed by atoms with Crippen LogP contribution >= 0.6 is 0 Å². The lowest BCUT2D eigenvalue weighted by Gasteiger charge is -2.25. The van der Waals surface area contributed by atoms with Gasteiger partial charge in [0.05, 0.1) is 33.0 Å². The van der Waals surface area contributed by atoms with Crippen LogP contribution in [0.15, 0.2) is 0 Å². The minimum atomic E-state index is 0.260. The molecule has 0 unspecified atom stereocenters. The summed E-state index contributed by atoms with van der Waals surface area (Å²) in [5, 5.41) is 0. The van der Waals surface area contributed by atoms with Gasteiger partial charge in [0.15, 0.2) is 0 Å². The summed E-state index contributed by atoms with van der Waals surface area (Å²) < 4.78 is 15.3. The summed E-state index contributed by atoms with van der Waals surface area (Å²) in [4.78, 5) is 21.0. The van der Waals surface area contributed by atoms with Gasteiger partial charge >= 0.3 is 0 Å². The second-order valence-corrected chi connectivity index (χ2v) is 5.56. The van der Waals surface area contributed by atoms with E-state index in [1.807, 2.05) is 20.8 Å². The molecule has 144 valence electrons. The minimum Gasteiger partial charge on any atom is -0.379 e. The summed E-state index contributed by atoms with van der Waals surface area (Å²) in [6.45, 7) is 9.46. The molecule has 1 aliphatic rings. The van der Waals surface area contributed by atoms with E-state index in [4.69, 9.17) is 14.2 Å². The van der Waals surface area contributed by atoms with Gasteiger partial charge in [-0.15, -0.1) is 0 Å². The number of ether oxygens (including phenoxy) is 3. The second kappa shape index (κ2) is 20.2. The molecule has 0 aromatic heterocycles. The first-order valence-electron chi connectivity index (χ1n) is 8.91. The van der Waals surface area contributed by atoms with E-state index in [-0.39, 0.29) is 5.92 Å². The van der Waals surface area contributed by atoms with Crippen LogP contribution < -0.4 is 5.73 Å². The molecule has 0 aliphatic heterocycles. The van der Waals surface area contributed by atoms with E-state index in [1.54, 1.807) is 0 Å². The summed E-state index contributed by atoms with van der Waals surface area (Å²) in [7, 11) is 1.50. The SMILES string of the molecule is CC(C)C(=O)C1CCC1.CCOCCOCCOCCC=O.CN. The maximum absolute atomic E-state index is 11.1. The highest BCUT2D eigenvalue weighted by Crippen LogP contribution is 2.29. The van der Waals surface area contributed by atoms with Gasteiger partial charge in [-0.05, 0) is 26.8 Å². The van der Waals surface area contributed by atoms with Crippen molar-refractivity contribution in [2.24, 2.45) is 17.6 Å². The van der Waals surface area contributed by atoms with E-state index in [1.165, 1.54) is 13.5 Å². The average molecular weight is 347 g/mol. The topological polar surface area (TPSA) is 87.9 Å². The number of ketones is 1. The van der Waals surface area contributed by atoms with Gasteiger partial charge in [-0.25, -0.2) is 0 Å². The number of aldehydes is 1. The molecule has 0 heterocycles. The highest BCUT2D eigenvalue weighted by molar-refractivity contribution is 5.83. The molecule has 24 heavy (non-hydrogen) atoms. The zero-order chi connectivity index (χ0) is 18.6. The Morgan fingerprint density at radius 2 is 1.54 bits per heavy atom. The Hall–Kier alpha value is -0.820. The number of hydrogen-bond acceptors (Lipinski definition) is 6. The number of nitrogens with two attached hydrogens (primary N) is 1. The van der Waals surface area contributed by atoms with Crippen molar-refractivity contribution in [3.8, 4) is 0 Å². The molecule has 1 rings (SSSR count). The normalized spacial score (nSPS) is 13.2. The summed E-state index contributed by atoms with van der Waals surface area (Å²) >= 11 is 0. The molecule has 0 amide bonds. The summed E-state index contributed by atoms with van der Waals surface area (Å²) in [5.74, 6) is 1.17. The van der Waals surface area contributed by atoms with E-state index in [0.29, 0.717) is 51.2 Å². The van der Waals surface area contributed by atoms with Gasteiger partial charge < -0.3 is 24.7 Å². The molecule has 0 saturated heterocycles. The molecule has 1 aliphatic carbocycles. The highest BCUT2D eigenvalue weighted by Gasteiger charge is 2.26. The standard InChI is InChI=1S/C9H18O4.C8H14O.CH5N/c1-2-11-6-7-13-9-8-12-5-3-4-10;1-6(2)8(9)7-4-3-5-7;1-2/h4H,2-3,5-9H2,1H3;6-7H,3-5H2,1-2H3;2H2,1H3. The summed E-state index contributed by atoms with van der Waals surface area (Å²) in [6, 6.07) is 0. The number of carbonyl (C=O) groups is 2. The quantitative estimate of drug-likeness (QED) is 0.430. The smallest absolute Gasteiger partial charge is 0.138 e. The fraction of sp³-hybridized carbons (Fsp3) is 0.889. The monoisotopic (exact) mass is 347 g/mol. The lowest BCUT2D eigenvalue weighted by atomic mass is 9.79. The predicted octanol–water partition coefficient (Wildman–Crippen LogP) is 2.23. The van der Waals surface area contributed by atoms with Crippen molar-refractivity contribution < 1.29 is 23.8 Å². The maximum Gasteiger partial charge on any atom is 0.138 e. The maximum atomic E-state index is 11.1. The molecule has 0 spiro atoms. The minimum absolute atomic E-state index is 0.260. The number of carbonyl (C=O) groups excluding carboxylic acids is 2. The molecule has 1 fully saturated rings. The molecule has 1 saturated carbocycles. The first kappa shape index (κ1) is 25.4. The fourth-order valence-corrected chi connectivity index (χ4v) is 1.88. The first-order valence-corrected chi connectivity index (χ1v) is 8.91. The Bertz CT molecular complexity index is 281. The van der Waals surface area contributed by atoms with Gasteiger partial charge in [-0.1, -0.05) is 20.3 Å². The van der Waals surface area contributed by atoms with Gasteiger partial charge in [-0.2, -0.15) is 0 Å². The molecular weight excluding hydrogens is 310 g/mol. The molecule has 2 N–H and O–H groups in total. The van der Waals surface area contributed by atoms with Crippen molar-refractivity contribution in [3.05, 3.63) is 0 Å². The van der Waals surface area contributed by atoms with Crippen molar-refractivity contribution >= 4 is 12.1 Å². The molecule has 0 radical (unpaired) electrons. The van der Waals surface area contributed by atoms with Gasteiger partial charge in [0.1, 0.15) is 12.1 Å². The summed E-state index contributed by atoms with van der Waals surface area (Å²) in [5.41, 5.74) is 4.50. The van der Waals surface area contributed by atoms with Gasteiger partial charge in [0.25, 0.3) is 0 Å². The summed E-state index contributed by atoms with van der Waals surface area (Å²) in [6.07, 6.45) is 4.87. The zero-order valence-corrected chi connectivity index (χ0v) is 15.9. The Kier molecular flexibility index (Phi) is 21.4. The van der Waals surface area contributed by atoms with E-state index in [0.717, 1.165) is 25.7 Å². The van der Waals surface area contributed by atoms with Crippen LogP contribution in [0.3, 0.4) is 0 Å². The molecule has 0 atom stereocenters. The van der Waals surface area contributed by atoms with Crippen LogP contribution in [0.5, 0.6) is 0 Å². The number of Topliss-reactive ketones (excluding diaryl/α,β-unsaturated/α-hetero) is 1. The Balaban J connectivity index is 0. The Morgan fingerprint density at radius 3 is 1.88 bits per heavy atom. The molecule has 0 bridgehead atoms. The van der Waals surface area contributed by atoms with Crippen LogP contribution in [0.1, 0.15) is 46.5 Å². The van der Waals surface area contributed by atoms with Crippen molar-refractivity contribution in [1.29, 1.82) is 0 Å². The van der Waals surface area contributed by atoms with Crippen molar-refractivity contribution in [2.45, 2.75) is 46.5 Å². The van der Waals surface area contributed by atoms with Crippen LogP contribution in [-0.4, -0.2) is 58.8 Å². The molecule has 0 aromatic rings. The van der Waals surface area contributed by atoms with Gasteiger partial charge in [0, 0.05) is 24.9 Å². The van der Waals surface area contributed by atoms with Gasteiger partial charge in [-0.3, -0.25) is 4.79 Å². The third-order valence-electron chi connectivity index (χ3n) is 3.40. The van der Waals surface area contributed by atoms with Crippen molar-refractivity contribution in [3.63, 3.8) is 0 Å². The van der Waals surface area contributed by atoms with Crippen molar-refractivity contribution in [1.82, 2.24) is 0 Å². The first-order chi connectivity index (χ1) is 11.6. The molecular formula is C18H37NO5. The van der Waals surface area contributed by atoms with E-state index < -0.39 is 0 Å². The fourth-order valence-electron chi connectivity index (χ4n) is 1.88. The number of hydrogen-bond donors (Lipinski definition) is 1. The largest absolute Gasteiger partial charge is 0.379 e.